The number of fused-ring (bicyclic) bond motifs is 1. The van der Waals surface area contributed by atoms with Crippen molar-refractivity contribution in [1.82, 2.24) is 0 Å². The molecule has 0 fully saturated rings. The molecule has 2 N–H and O–H groups in total. The molecule has 0 unspecified atom stereocenters. The number of sulfonamides is 1. The summed E-state index contributed by atoms with van der Waals surface area (Å²) in [5.41, 5.74) is 2.13. The van der Waals surface area contributed by atoms with Gasteiger partial charge in [0.15, 0.2) is 0 Å². The average molecular weight is 488 g/mol. The van der Waals surface area contributed by atoms with Gasteiger partial charge in [-0.05, 0) is 69.0 Å². The zero-order valence-corrected chi connectivity index (χ0v) is 21.6. The van der Waals surface area contributed by atoms with Crippen LogP contribution in [0.5, 0.6) is 5.75 Å². The lowest BCUT2D eigenvalue weighted by Crippen LogP contribution is -2.43. The van der Waals surface area contributed by atoms with Gasteiger partial charge in [0.1, 0.15) is 12.4 Å². The van der Waals surface area contributed by atoms with Crippen molar-refractivity contribution in [3.05, 3.63) is 41.5 Å². The van der Waals surface area contributed by atoms with E-state index < -0.39 is 15.4 Å². The fourth-order valence-corrected chi connectivity index (χ4v) is 5.14. The van der Waals surface area contributed by atoms with E-state index in [-0.39, 0.29) is 29.2 Å². The Morgan fingerprint density at radius 1 is 1.15 bits per heavy atom. The molecule has 2 aromatic rings. The van der Waals surface area contributed by atoms with Gasteiger partial charge < -0.3 is 15.0 Å². The molecule has 3 rings (SSSR count). The molecular weight excluding hydrogens is 454 g/mol. The minimum absolute atomic E-state index is 0.0292. The first-order valence-electron chi connectivity index (χ1n) is 11.2. The van der Waals surface area contributed by atoms with Gasteiger partial charge in [0.2, 0.25) is 11.8 Å². The number of hydrogen-bond acceptors (Lipinski definition) is 5. The Labute approximate surface area is 201 Å². The molecule has 0 radical (unpaired) electrons. The Balaban J connectivity index is 1.95. The lowest BCUT2D eigenvalue weighted by molar-refractivity contribution is -0.127. The molecular formula is C25H33N3O5S. The Kier molecular flexibility index (Phi) is 6.98. The van der Waals surface area contributed by atoms with Gasteiger partial charge in [-0.3, -0.25) is 14.3 Å². The van der Waals surface area contributed by atoms with Crippen LogP contribution in [-0.4, -0.2) is 33.4 Å². The zero-order valence-electron chi connectivity index (χ0n) is 20.8. The molecule has 9 heteroatoms. The van der Waals surface area contributed by atoms with E-state index in [1.807, 2.05) is 27.7 Å². The Morgan fingerprint density at radius 2 is 1.76 bits per heavy atom. The largest absolute Gasteiger partial charge is 0.490 e. The molecule has 0 aliphatic carbocycles. The maximum atomic E-state index is 13.1. The third kappa shape index (κ3) is 5.35. The fourth-order valence-electron chi connectivity index (χ4n) is 3.92. The van der Waals surface area contributed by atoms with Gasteiger partial charge in [0.05, 0.1) is 21.7 Å². The van der Waals surface area contributed by atoms with Crippen LogP contribution in [0, 0.1) is 25.2 Å². The lowest BCUT2D eigenvalue weighted by Gasteiger charge is -2.29. The summed E-state index contributed by atoms with van der Waals surface area (Å²) in [7, 11) is -3.90. The van der Waals surface area contributed by atoms with Crippen molar-refractivity contribution in [3.8, 4) is 5.75 Å². The number of carbonyl (C=O) groups excluding carboxylic acids is 2. The second-order valence-corrected chi connectivity index (χ2v) is 11.6. The molecule has 0 aromatic heterocycles. The second-order valence-electron chi connectivity index (χ2n) is 9.88. The molecule has 184 valence electrons. The van der Waals surface area contributed by atoms with E-state index in [1.165, 1.54) is 19.1 Å². The van der Waals surface area contributed by atoms with Crippen LogP contribution in [0.3, 0.4) is 0 Å². The molecule has 8 nitrogen and oxygen atoms in total. The van der Waals surface area contributed by atoms with Crippen molar-refractivity contribution in [2.45, 2.75) is 53.4 Å². The summed E-state index contributed by atoms with van der Waals surface area (Å²) in [4.78, 5) is 26.4. The van der Waals surface area contributed by atoms with Crippen LogP contribution < -0.4 is 19.7 Å². The SMILES string of the molecule is CC(=O)Nc1c(C)cc(S(=O)(=O)Nc2ccc3c(c2)OCC(C)(C)C(=O)N3CC(C)C)cc1C. The van der Waals surface area contributed by atoms with Gasteiger partial charge in [-0.2, -0.15) is 0 Å². The van der Waals surface area contributed by atoms with Crippen molar-refractivity contribution in [3.63, 3.8) is 0 Å². The molecule has 0 atom stereocenters. The average Bonchev–Trinajstić information content (AvgIpc) is 2.80. The summed E-state index contributed by atoms with van der Waals surface area (Å²) >= 11 is 0. The van der Waals surface area contributed by atoms with Crippen LogP contribution in [-0.2, 0) is 19.6 Å². The van der Waals surface area contributed by atoms with Gasteiger partial charge in [-0.1, -0.05) is 13.8 Å². The smallest absolute Gasteiger partial charge is 0.261 e. The number of nitrogens with zero attached hydrogens (tertiary/aromatic N) is 1. The molecule has 1 aliphatic heterocycles. The van der Waals surface area contributed by atoms with Crippen molar-refractivity contribution in [2.24, 2.45) is 11.3 Å². The van der Waals surface area contributed by atoms with Crippen molar-refractivity contribution >= 4 is 38.9 Å². The number of carbonyl (C=O) groups is 2. The Morgan fingerprint density at radius 3 is 2.32 bits per heavy atom. The van der Waals surface area contributed by atoms with E-state index in [0.717, 1.165) is 0 Å². The van der Waals surface area contributed by atoms with Crippen molar-refractivity contribution in [1.29, 1.82) is 0 Å². The van der Waals surface area contributed by atoms with Gasteiger partial charge in [-0.25, -0.2) is 8.42 Å². The van der Waals surface area contributed by atoms with E-state index in [2.05, 4.69) is 10.0 Å². The second kappa shape index (κ2) is 9.29. The number of benzene rings is 2. The molecule has 1 heterocycles. The number of ether oxygens (including phenoxy) is 1. The van der Waals surface area contributed by atoms with E-state index >= 15 is 0 Å². The number of nitrogens with one attached hydrogen (secondary N) is 2. The summed E-state index contributed by atoms with van der Waals surface area (Å²) in [5, 5.41) is 2.73. The maximum Gasteiger partial charge on any atom is 0.261 e. The summed E-state index contributed by atoms with van der Waals surface area (Å²) < 4.78 is 34.8. The quantitative estimate of drug-likeness (QED) is 0.626. The summed E-state index contributed by atoms with van der Waals surface area (Å²) in [6.07, 6.45) is 0. The number of anilines is 3. The molecule has 0 bridgehead atoms. The van der Waals surface area contributed by atoms with Gasteiger partial charge in [-0.15, -0.1) is 0 Å². The highest BCUT2D eigenvalue weighted by atomic mass is 32.2. The predicted octanol–water partition coefficient (Wildman–Crippen LogP) is 4.47. The van der Waals surface area contributed by atoms with Crippen LogP contribution in [0.2, 0.25) is 0 Å². The third-order valence-corrected chi connectivity index (χ3v) is 6.94. The molecule has 0 spiro atoms. The number of amides is 2. The Hall–Kier alpha value is -3.07. The highest BCUT2D eigenvalue weighted by Crippen LogP contribution is 2.39. The van der Waals surface area contributed by atoms with E-state index in [4.69, 9.17) is 4.74 Å². The number of rotatable bonds is 6. The predicted molar refractivity (Wildman–Crippen MR) is 134 cm³/mol. The van der Waals surface area contributed by atoms with E-state index in [1.54, 1.807) is 36.9 Å². The van der Waals surface area contributed by atoms with E-state index in [9.17, 15) is 18.0 Å². The topological polar surface area (TPSA) is 105 Å². The van der Waals surface area contributed by atoms with Crippen LogP contribution in [0.25, 0.3) is 0 Å². The van der Waals surface area contributed by atoms with Crippen LogP contribution in [0.15, 0.2) is 35.2 Å². The van der Waals surface area contributed by atoms with Gasteiger partial charge >= 0.3 is 0 Å². The fraction of sp³-hybridized carbons (Fsp3) is 0.440. The standard InChI is InChI=1S/C25H33N3O5S/c1-15(2)13-28-21-9-8-19(12-22(21)33-14-25(6,7)24(28)30)27-34(31,32)20-10-16(3)23(17(4)11-20)26-18(5)29/h8-12,15,27H,13-14H2,1-7H3,(H,26,29). The molecule has 2 aromatic carbocycles. The first-order valence-corrected chi connectivity index (χ1v) is 12.7. The Bertz CT molecular complexity index is 1210. The number of hydrogen-bond donors (Lipinski definition) is 2. The van der Waals surface area contributed by atoms with E-state index in [0.29, 0.717) is 40.5 Å². The zero-order chi connectivity index (χ0) is 25.4. The maximum absolute atomic E-state index is 13.1. The molecule has 2 amide bonds. The molecule has 1 aliphatic rings. The van der Waals surface area contributed by atoms with Crippen molar-refractivity contribution < 1.29 is 22.7 Å². The molecule has 0 saturated heterocycles. The summed E-state index contributed by atoms with van der Waals surface area (Å²) in [6, 6.07) is 7.99. The lowest BCUT2D eigenvalue weighted by atomic mass is 9.92. The van der Waals surface area contributed by atoms with Crippen LogP contribution >= 0.6 is 0 Å². The minimum atomic E-state index is -3.90. The summed E-state index contributed by atoms with van der Waals surface area (Å²) in [5.74, 6) is 0.445. The molecule has 34 heavy (non-hydrogen) atoms. The number of aryl methyl sites for hydroxylation is 2. The molecule has 0 saturated carbocycles. The highest BCUT2D eigenvalue weighted by Gasteiger charge is 2.38. The minimum Gasteiger partial charge on any atom is -0.490 e. The third-order valence-electron chi connectivity index (χ3n) is 5.58. The normalized spacial score (nSPS) is 15.4. The van der Waals surface area contributed by atoms with Gasteiger partial charge in [0, 0.05) is 25.2 Å². The summed E-state index contributed by atoms with van der Waals surface area (Å²) in [6.45, 7) is 13.4. The van der Waals surface area contributed by atoms with Crippen LogP contribution in [0.1, 0.15) is 45.7 Å². The first kappa shape index (κ1) is 25.6. The first-order chi connectivity index (χ1) is 15.7. The monoisotopic (exact) mass is 487 g/mol. The van der Waals surface area contributed by atoms with Crippen molar-refractivity contribution in [2.75, 3.05) is 28.1 Å². The van der Waals surface area contributed by atoms with Gasteiger partial charge in [0.25, 0.3) is 10.0 Å². The van der Waals surface area contributed by atoms with Crippen LogP contribution in [0.4, 0.5) is 17.1 Å². The highest BCUT2D eigenvalue weighted by molar-refractivity contribution is 7.92.